The van der Waals surface area contributed by atoms with Crippen molar-refractivity contribution in [1.29, 1.82) is 0 Å². The fraction of sp³-hybridized carbons (Fsp3) is 0.476. The summed E-state index contributed by atoms with van der Waals surface area (Å²) in [6.45, 7) is 4.05. The van der Waals surface area contributed by atoms with Crippen LogP contribution in [0, 0.1) is 0 Å². The second kappa shape index (κ2) is 8.80. The first-order valence-electron chi connectivity index (χ1n) is 9.52. The van der Waals surface area contributed by atoms with E-state index in [1.807, 2.05) is 11.4 Å². The summed E-state index contributed by atoms with van der Waals surface area (Å²) in [7, 11) is 0. The van der Waals surface area contributed by atoms with Crippen LogP contribution >= 0.6 is 0 Å². The Hall–Kier alpha value is -2.64. The van der Waals surface area contributed by atoms with Gasteiger partial charge in [0.05, 0.1) is 5.57 Å². The molecule has 0 bridgehead atoms. The van der Waals surface area contributed by atoms with Crippen LogP contribution in [-0.2, 0) is 20.8 Å². The number of amides is 2. The van der Waals surface area contributed by atoms with E-state index in [-0.39, 0.29) is 18.7 Å². The average molecular weight is 410 g/mol. The molecule has 0 aliphatic carbocycles. The molecule has 158 valence electrons. The van der Waals surface area contributed by atoms with Crippen molar-refractivity contribution in [2.75, 3.05) is 6.54 Å². The van der Waals surface area contributed by atoms with Gasteiger partial charge in [-0.25, -0.2) is 0 Å². The molecule has 1 aliphatic heterocycles. The Morgan fingerprint density at radius 1 is 1.17 bits per heavy atom. The predicted molar refractivity (Wildman–Crippen MR) is 102 cm³/mol. The molecule has 0 radical (unpaired) electrons. The highest BCUT2D eigenvalue weighted by molar-refractivity contribution is 6.12. The van der Waals surface area contributed by atoms with E-state index in [4.69, 9.17) is 0 Å². The lowest BCUT2D eigenvalue weighted by molar-refractivity contribution is -0.194. The minimum Gasteiger partial charge on any atom is -0.330 e. The molecular formula is C21H25F3N2O3. The molecule has 1 aliphatic rings. The molecule has 1 aromatic rings. The summed E-state index contributed by atoms with van der Waals surface area (Å²) in [5.41, 5.74) is -3.29. The zero-order valence-electron chi connectivity index (χ0n) is 16.7. The molecule has 2 amide bonds. The van der Waals surface area contributed by atoms with Gasteiger partial charge < -0.3 is 10.2 Å². The Morgan fingerprint density at radius 3 is 2.31 bits per heavy atom. The van der Waals surface area contributed by atoms with Crippen LogP contribution in [0.2, 0.25) is 0 Å². The van der Waals surface area contributed by atoms with E-state index in [0.29, 0.717) is 19.3 Å². The number of hydrogen-bond donors (Lipinski definition) is 1. The highest BCUT2D eigenvalue weighted by atomic mass is 19.4. The van der Waals surface area contributed by atoms with Gasteiger partial charge in [-0.05, 0) is 32.3 Å². The zero-order valence-corrected chi connectivity index (χ0v) is 16.7. The van der Waals surface area contributed by atoms with Gasteiger partial charge in [-0.1, -0.05) is 43.7 Å². The average Bonchev–Trinajstić information content (AvgIpc) is 2.86. The predicted octanol–water partition coefficient (Wildman–Crippen LogP) is 3.54. The van der Waals surface area contributed by atoms with Gasteiger partial charge in [0.15, 0.2) is 5.78 Å². The third-order valence-electron chi connectivity index (χ3n) is 5.04. The maximum absolute atomic E-state index is 14.2. The van der Waals surface area contributed by atoms with Gasteiger partial charge in [0.2, 0.25) is 11.4 Å². The maximum Gasteiger partial charge on any atom is 0.425 e. The van der Waals surface area contributed by atoms with Crippen molar-refractivity contribution in [3.05, 3.63) is 47.2 Å². The van der Waals surface area contributed by atoms with E-state index in [0.717, 1.165) is 17.4 Å². The van der Waals surface area contributed by atoms with Crippen molar-refractivity contribution in [2.45, 2.75) is 58.2 Å². The number of allylic oxidation sites excluding steroid dienone is 1. The third-order valence-corrected chi connectivity index (χ3v) is 5.04. The molecule has 2 rings (SSSR count). The number of carbonyl (C=O) groups excluding carboxylic acids is 3. The number of halogens is 3. The van der Waals surface area contributed by atoms with Crippen molar-refractivity contribution >= 4 is 17.6 Å². The number of carbonyl (C=O) groups is 3. The maximum atomic E-state index is 14.2. The molecule has 0 unspecified atom stereocenters. The number of nitrogens with zero attached hydrogens (tertiary/aromatic N) is 1. The van der Waals surface area contributed by atoms with Crippen LogP contribution in [-0.4, -0.2) is 40.8 Å². The first-order chi connectivity index (χ1) is 13.6. The van der Waals surface area contributed by atoms with E-state index in [1.54, 1.807) is 31.2 Å². The lowest BCUT2D eigenvalue weighted by atomic mass is 9.86. The summed E-state index contributed by atoms with van der Waals surface area (Å²) in [6.07, 6.45) is -4.01. The zero-order chi connectivity index (χ0) is 21.8. The molecule has 0 saturated heterocycles. The van der Waals surface area contributed by atoms with E-state index in [1.165, 1.54) is 6.92 Å². The van der Waals surface area contributed by atoms with Crippen molar-refractivity contribution in [3.63, 3.8) is 0 Å². The van der Waals surface area contributed by atoms with Crippen LogP contribution in [0.1, 0.15) is 45.6 Å². The van der Waals surface area contributed by atoms with Crippen molar-refractivity contribution in [3.8, 4) is 0 Å². The number of Topliss-reactive ketones (excluding diaryl/α,β-unsaturated/α-hetero) is 1. The van der Waals surface area contributed by atoms with Crippen molar-refractivity contribution in [2.24, 2.45) is 0 Å². The largest absolute Gasteiger partial charge is 0.425 e. The minimum atomic E-state index is -5.16. The molecule has 0 spiro atoms. The summed E-state index contributed by atoms with van der Waals surface area (Å²) < 4.78 is 42.7. The Balaban J connectivity index is 2.44. The molecule has 1 aromatic carbocycles. The summed E-state index contributed by atoms with van der Waals surface area (Å²) in [4.78, 5) is 38.4. The molecular weight excluding hydrogens is 385 g/mol. The molecule has 1 N–H and O–H groups in total. The van der Waals surface area contributed by atoms with Gasteiger partial charge in [0, 0.05) is 18.7 Å². The van der Waals surface area contributed by atoms with Gasteiger partial charge in [-0.15, -0.1) is 0 Å². The first kappa shape index (κ1) is 22.6. The summed E-state index contributed by atoms with van der Waals surface area (Å²) in [6, 6.07) is 8.99. The van der Waals surface area contributed by atoms with Gasteiger partial charge in [-0.2, -0.15) is 13.2 Å². The highest BCUT2D eigenvalue weighted by Crippen LogP contribution is 2.45. The van der Waals surface area contributed by atoms with E-state index in [2.05, 4.69) is 0 Å². The third kappa shape index (κ3) is 4.36. The number of benzene rings is 1. The second-order valence-corrected chi connectivity index (χ2v) is 7.11. The number of alkyl halides is 3. The van der Waals surface area contributed by atoms with Crippen LogP contribution in [0.25, 0.3) is 0 Å². The van der Waals surface area contributed by atoms with Gasteiger partial charge >= 0.3 is 6.18 Å². The Labute approximate surface area is 168 Å². The second-order valence-electron chi connectivity index (χ2n) is 7.11. The van der Waals surface area contributed by atoms with Crippen molar-refractivity contribution in [1.82, 2.24) is 10.2 Å². The Bertz CT molecular complexity index is 818. The smallest absolute Gasteiger partial charge is 0.330 e. The quantitative estimate of drug-likeness (QED) is 0.713. The Kier molecular flexibility index (Phi) is 6.87. The van der Waals surface area contributed by atoms with E-state index >= 15 is 0 Å². The molecule has 0 aromatic heterocycles. The Morgan fingerprint density at radius 2 is 1.79 bits per heavy atom. The number of rotatable bonds is 8. The normalized spacial score (nSPS) is 19.7. The van der Waals surface area contributed by atoms with Crippen LogP contribution in [0.3, 0.4) is 0 Å². The number of hydrogen-bond acceptors (Lipinski definition) is 3. The van der Waals surface area contributed by atoms with E-state index < -0.39 is 34.9 Å². The molecule has 1 atom stereocenters. The minimum absolute atomic E-state index is 0.0336. The molecule has 29 heavy (non-hydrogen) atoms. The molecule has 8 heteroatoms. The molecule has 5 nitrogen and oxygen atoms in total. The van der Waals surface area contributed by atoms with Gasteiger partial charge in [-0.3, -0.25) is 14.4 Å². The standard InChI is InChI=1S/C21H25F3N2O3/c1-4-5-11-17(28)25-20(21(22,23)24)18(15(3)27)14(2)26(19(20)29)13-12-16-9-7-6-8-10-16/h6-10H,4-5,11-13H2,1-3H3,(H,25,28)/t20-/m1/s1. The van der Waals surface area contributed by atoms with Gasteiger partial charge in [0.1, 0.15) is 0 Å². The summed E-state index contributed by atoms with van der Waals surface area (Å²) in [5, 5.41) is 1.87. The van der Waals surface area contributed by atoms with Crippen LogP contribution in [0.15, 0.2) is 41.6 Å². The summed E-state index contributed by atoms with van der Waals surface area (Å²) >= 11 is 0. The fourth-order valence-corrected chi connectivity index (χ4v) is 3.60. The van der Waals surface area contributed by atoms with Crippen LogP contribution in [0.5, 0.6) is 0 Å². The molecule has 1 heterocycles. The summed E-state index contributed by atoms with van der Waals surface area (Å²) in [5.74, 6) is -3.14. The lowest BCUT2D eigenvalue weighted by Gasteiger charge is -2.33. The molecule has 0 saturated carbocycles. The first-order valence-corrected chi connectivity index (χ1v) is 9.52. The fourth-order valence-electron chi connectivity index (χ4n) is 3.60. The number of unbranched alkanes of at least 4 members (excludes halogenated alkanes) is 1. The van der Waals surface area contributed by atoms with E-state index in [9.17, 15) is 27.6 Å². The van der Waals surface area contributed by atoms with Crippen molar-refractivity contribution < 1.29 is 27.6 Å². The van der Waals surface area contributed by atoms with Gasteiger partial charge in [0.25, 0.3) is 5.91 Å². The molecule has 0 fully saturated rings. The number of nitrogens with one attached hydrogen (secondary N) is 1. The monoisotopic (exact) mass is 410 g/mol. The SMILES string of the molecule is CCCCC(=O)N[C@@]1(C(F)(F)F)C(=O)N(CCc2ccccc2)C(C)=C1C(C)=O. The highest BCUT2D eigenvalue weighted by Gasteiger charge is 2.69. The lowest BCUT2D eigenvalue weighted by Crippen LogP contribution is -2.66. The number of ketones is 1. The topological polar surface area (TPSA) is 66.5 Å². The van der Waals surface area contributed by atoms with Crippen LogP contribution in [0.4, 0.5) is 13.2 Å². The van der Waals surface area contributed by atoms with Crippen LogP contribution < -0.4 is 5.32 Å².